The summed E-state index contributed by atoms with van der Waals surface area (Å²) in [6.07, 6.45) is 1.56. The molecule has 0 radical (unpaired) electrons. The van der Waals surface area contributed by atoms with Gasteiger partial charge >= 0.3 is 6.03 Å². The van der Waals surface area contributed by atoms with Crippen LogP contribution < -0.4 is 16.1 Å². The Morgan fingerprint density at radius 2 is 1.59 bits per heavy atom. The first-order valence-corrected chi connectivity index (χ1v) is 8.84. The van der Waals surface area contributed by atoms with Crippen molar-refractivity contribution in [1.29, 1.82) is 0 Å². The molecule has 0 atom stereocenters. The summed E-state index contributed by atoms with van der Waals surface area (Å²) in [6, 6.07) is 19.2. The minimum Gasteiger partial charge on any atom is -0.308 e. The maximum absolute atomic E-state index is 13.6. The Labute approximate surface area is 167 Å². The molecule has 0 unspecified atom stereocenters. The molecule has 0 spiro atoms. The van der Waals surface area contributed by atoms with Gasteiger partial charge in [-0.1, -0.05) is 42.0 Å². The van der Waals surface area contributed by atoms with E-state index < -0.39 is 11.8 Å². The molecule has 29 heavy (non-hydrogen) atoms. The summed E-state index contributed by atoms with van der Waals surface area (Å²) in [4.78, 5) is 24.1. The first-order valence-electron chi connectivity index (χ1n) is 8.84. The number of benzene rings is 3. The van der Waals surface area contributed by atoms with Crippen LogP contribution in [-0.2, 0) is 0 Å². The van der Waals surface area contributed by atoms with Crippen LogP contribution in [0, 0.1) is 12.7 Å². The molecule has 6 nitrogen and oxygen atoms in total. The van der Waals surface area contributed by atoms with Crippen LogP contribution in [-0.4, -0.2) is 18.2 Å². The summed E-state index contributed by atoms with van der Waals surface area (Å²) in [5.74, 6) is -0.906. The maximum Gasteiger partial charge on any atom is 0.323 e. The van der Waals surface area contributed by atoms with Gasteiger partial charge in [0.15, 0.2) is 0 Å². The summed E-state index contributed by atoms with van der Waals surface area (Å²) in [5, 5.41) is 8.93. The lowest BCUT2D eigenvalue weighted by Crippen LogP contribution is -2.20. The van der Waals surface area contributed by atoms with Gasteiger partial charge in [0.2, 0.25) is 0 Å². The van der Waals surface area contributed by atoms with Crippen LogP contribution in [0.15, 0.2) is 77.9 Å². The fourth-order valence-corrected chi connectivity index (χ4v) is 2.43. The van der Waals surface area contributed by atoms with Crippen LogP contribution in [0.1, 0.15) is 21.5 Å². The highest BCUT2D eigenvalue weighted by atomic mass is 19.1. The molecular formula is C22H19FN4O2. The number of carbonyl (C=O) groups is 2. The summed E-state index contributed by atoms with van der Waals surface area (Å²) in [5.41, 5.74) is 5.38. The topological polar surface area (TPSA) is 82.6 Å². The van der Waals surface area contributed by atoms with E-state index in [0.29, 0.717) is 11.3 Å². The lowest BCUT2D eigenvalue weighted by molar-refractivity contribution is 0.0955. The van der Waals surface area contributed by atoms with E-state index in [-0.39, 0.29) is 11.6 Å². The van der Waals surface area contributed by atoms with Crippen molar-refractivity contribution in [2.45, 2.75) is 6.92 Å². The average molecular weight is 390 g/mol. The highest BCUT2D eigenvalue weighted by molar-refractivity contribution is 6.00. The van der Waals surface area contributed by atoms with Gasteiger partial charge in [-0.15, -0.1) is 0 Å². The molecule has 0 heterocycles. The van der Waals surface area contributed by atoms with Gasteiger partial charge in [-0.3, -0.25) is 4.79 Å². The number of rotatable bonds is 5. The van der Waals surface area contributed by atoms with Crippen LogP contribution in [0.4, 0.5) is 20.6 Å². The fraction of sp³-hybridized carbons (Fsp3) is 0.0455. The number of aryl methyl sites for hydroxylation is 1. The first-order chi connectivity index (χ1) is 14.0. The van der Waals surface area contributed by atoms with E-state index in [1.807, 2.05) is 31.2 Å². The van der Waals surface area contributed by atoms with Crippen molar-refractivity contribution in [2.75, 3.05) is 10.6 Å². The highest BCUT2D eigenvalue weighted by Crippen LogP contribution is 2.14. The Hall–Kier alpha value is -4.00. The number of hydrazone groups is 1. The SMILES string of the molecule is Cc1ccc(C=NNC(=O)c2ccc(NC(=O)Nc3ccccc3F)cc2)cc1. The Morgan fingerprint density at radius 3 is 2.28 bits per heavy atom. The molecule has 0 saturated carbocycles. The second kappa shape index (κ2) is 9.27. The minimum atomic E-state index is -0.588. The number of hydrogen-bond donors (Lipinski definition) is 3. The molecule has 3 N–H and O–H groups in total. The largest absolute Gasteiger partial charge is 0.323 e. The lowest BCUT2D eigenvalue weighted by Gasteiger charge is -2.08. The molecule has 0 aliphatic carbocycles. The summed E-state index contributed by atoms with van der Waals surface area (Å²) >= 11 is 0. The minimum absolute atomic E-state index is 0.0763. The Balaban J connectivity index is 1.53. The standard InChI is InChI=1S/C22H19FN4O2/c1-15-6-8-16(9-7-15)14-24-27-21(28)17-10-12-18(13-11-17)25-22(29)26-20-5-3-2-4-19(20)23/h2-14H,1H3,(H,27,28)(H2,25,26,29). The molecule has 3 aromatic carbocycles. The van der Waals surface area contributed by atoms with Crippen LogP contribution in [0.3, 0.4) is 0 Å². The number of carbonyl (C=O) groups excluding carboxylic acids is 2. The third kappa shape index (κ3) is 5.74. The zero-order valence-corrected chi connectivity index (χ0v) is 15.6. The second-order valence-electron chi connectivity index (χ2n) is 6.25. The molecule has 3 aromatic rings. The zero-order chi connectivity index (χ0) is 20.6. The van der Waals surface area contributed by atoms with Gasteiger partial charge in [-0.05, 0) is 48.9 Å². The molecule has 0 aromatic heterocycles. The van der Waals surface area contributed by atoms with Crippen LogP contribution in [0.2, 0.25) is 0 Å². The third-order valence-electron chi connectivity index (χ3n) is 3.98. The first kappa shape index (κ1) is 19.8. The molecule has 0 saturated heterocycles. The zero-order valence-electron chi connectivity index (χ0n) is 15.6. The van der Waals surface area contributed by atoms with Gasteiger partial charge in [-0.25, -0.2) is 14.6 Å². The lowest BCUT2D eigenvalue weighted by atomic mass is 10.2. The predicted molar refractivity (Wildman–Crippen MR) is 112 cm³/mol. The summed E-state index contributed by atoms with van der Waals surface area (Å²) in [6.45, 7) is 1.99. The smallest absolute Gasteiger partial charge is 0.308 e. The van der Waals surface area contributed by atoms with E-state index in [9.17, 15) is 14.0 Å². The van der Waals surface area contributed by atoms with E-state index in [1.165, 1.54) is 18.2 Å². The molecule has 146 valence electrons. The quantitative estimate of drug-likeness (QED) is 0.441. The highest BCUT2D eigenvalue weighted by Gasteiger charge is 2.08. The van der Waals surface area contributed by atoms with E-state index in [0.717, 1.165) is 11.1 Å². The second-order valence-corrected chi connectivity index (χ2v) is 6.25. The number of halogens is 1. The fourth-order valence-electron chi connectivity index (χ4n) is 2.43. The number of hydrogen-bond acceptors (Lipinski definition) is 3. The molecule has 0 aliphatic heterocycles. The van der Waals surface area contributed by atoms with Crippen molar-refractivity contribution < 1.29 is 14.0 Å². The number of nitrogens with zero attached hydrogens (tertiary/aromatic N) is 1. The molecule has 3 amide bonds. The van der Waals surface area contributed by atoms with Crippen molar-refractivity contribution in [1.82, 2.24) is 5.43 Å². The Bertz CT molecular complexity index is 1030. The van der Waals surface area contributed by atoms with Gasteiger partial charge in [0.05, 0.1) is 11.9 Å². The maximum atomic E-state index is 13.6. The number of amides is 3. The van der Waals surface area contributed by atoms with Gasteiger partial charge < -0.3 is 10.6 Å². The van der Waals surface area contributed by atoms with Crippen molar-refractivity contribution >= 4 is 29.5 Å². The normalized spacial score (nSPS) is 10.6. The monoisotopic (exact) mass is 390 g/mol. The van der Waals surface area contributed by atoms with Crippen molar-refractivity contribution in [3.8, 4) is 0 Å². The van der Waals surface area contributed by atoms with Gasteiger partial charge in [0.25, 0.3) is 5.91 Å². The van der Waals surface area contributed by atoms with Crippen molar-refractivity contribution in [3.05, 3.63) is 95.3 Å². The van der Waals surface area contributed by atoms with Gasteiger partial charge in [0.1, 0.15) is 5.82 Å². The van der Waals surface area contributed by atoms with E-state index in [1.54, 1.807) is 36.5 Å². The van der Waals surface area contributed by atoms with E-state index in [4.69, 9.17) is 0 Å². The molecule has 0 aliphatic rings. The number of urea groups is 1. The number of para-hydroxylation sites is 1. The van der Waals surface area contributed by atoms with Crippen molar-refractivity contribution in [3.63, 3.8) is 0 Å². The van der Waals surface area contributed by atoms with Crippen LogP contribution in [0.5, 0.6) is 0 Å². The number of anilines is 2. The van der Waals surface area contributed by atoms with E-state index >= 15 is 0 Å². The summed E-state index contributed by atoms with van der Waals surface area (Å²) in [7, 11) is 0. The van der Waals surface area contributed by atoms with Gasteiger partial charge in [0, 0.05) is 11.3 Å². The van der Waals surface area contributed by atoms with Crippen molar-refractivity contribution in [2.24, 2.45) is 5.10 Å². The van der Waals surface area contributed by atoms with Gasteiger partial charge in [-0.2, -0.15) is 5.10 Å². The molecule has 3 rings (SSSR count). The summed E-state index contributed by atoms with van der Waals surface area (Å²) < 4.78 is 13.6. The van der Waals surface area contributed by atoms with E-state index in [2.05, 4.69) is 21.2 Å². The molecule has 7 heteroatoms. The number of nitrogens with one attached hydrogen (secondary N) is 3. The molecular weight excluding hydrogens is 371 g/mol. The third-order valence-corrected chi connectivity index (χ3v) is 3.98. The Morgan fingerprint density at radius 1 is 0.897 bits per heavy atom. The average Bonchev–Trinajstić information content (AvgIpc) is 2.71. The predicted octanol–water partition coefficient (Wildman–Crippen LogP) is 4.54. The molecule has 0 bridgehead atoms. The van der Waals surface area contributed by atoms with Crippen LogP contribution in [0.25, 0.3) is 0 Å². The molecule has 0 fully saturated rings. The Kier molecular flexibility index (Phi) is 6.32. The van der Waals surface area contributed by atoms with Crippen LogP contribution >= 0.6 is 0 Å².